The van der Waals surface area contributed by atoms with Gasteiger partial charge in [0, 0.05) is 26.2 Å². The number of rotatable bonds is 2. The van der Waals surface area contributed by atoms with Crippen LogP contribution in [0.2, 0.25) is 0 Å². The number of carbonyl (C=O) groups is 2. The summed E-state index contributed by atoms with van der Waals surface area (Å²) >= 11 is 0. The SMILES string of the molecule is COC(=O)[C@@H]1Cc2ccc(N(C)C)cc2CN1C(=O)OC(C)(C)C. The lowest BCUT2D eigenvalue weighted by molar-refractivity contribution is -0.147. The number of methoxy groups -OCH3 is 1. The van der Waals surface area contributed by atoms with Crippen molar-refractivity contribution in [3.05, 3.63) is 29.3 Å². The van der Waals surface area contributed by atoms with E-state index < -0.39 is 23.7 Å². The predicted molar refractivity (Wildman–Crippen MR) is 92.1 cm³/mol. The average Bonchev–Trinajstić information content (AvgIpc) is 2.50. The molecule has 0 fully saturated rings. The van der Waals surface area contributed by atoms with Crippen molar-refractivity contribution in [3.8, 4) is 0 Å². The van der Waals surface area contributed by atoms with Gasteiger partial charge in [0.15, 0.2) is 0 Å². The number of carbonyl (C=O) groups excluding carboxylic acids is 2. The quantitative estimate of drug-likeness (QED) is 0.778. The Morgan fingerprint density at radius 1 is 1.21 bits per heavy atom. The van der Waals surface area contributed by atoms with E-state index in [0.717, 1.165) is 16.8 Å². The molecule has 6 heteroatoms. The summed E-state index contributed by atoms with van der Waals surface area (Å²) in [5.74, 6) is -0.428. The zero-order valence-electron chi connectivity index (χ0n) is 15.3. The minimum atomic E-state index is -0.664. The van der Waals surface area contributed by atoms with Crippen molar-refractivity contribution in [3.63, 3.8) is 0 Å². The van der Waals surface area contributed by atoms with Crippen LogP contribution in [-0.4, -0.2) is 49.8 Å². The molecule has 1 aliphatic heterocycles. The standard InChI is InChI=1S/C18H26N2O4/c1-18(2,3)24-17(22)20-11-13-9-14(19(4)5)8-7-12(13)10-15(20)16(21)23-6/h7-9,15H,10-11H2,1-6H3/t15-/m0/s1. The van der Waals surface area contributed by atoms with Gasteiger partial charge in [0.2, 0.25) is 0 Å². The number of nitrogens with zero attached hydrogens (tertiary/aromatic N) is 2. The number of fused-ring (bicyclic) bond motifs is 1. The molecule has 0 spiro atoms. The lowest BCUT2D eigenvalue weighted by atomic mass is 9.93. The van der Waals surface area contributed by atoms with Crippen molar-refractivity contribution in [1.29, 1.82) is 0 Å². The highest BCUT2D eigenvalue weighted by Gasteiger charge is 2.37. The molecule has 0 saturated carbocycles. The van der Waals surface area contributed by atoms with Crippen LogP contribution in [-0.2, 0) is 27.2 Å². The topological polar surface area (TPSA) is 59.1 Å². The van der Waals surface area contributed by atoms with Gasteiger partial charge in [0.25, 0.3) is 0 Å². The Labute approximate surface area is 143 Å². The zero-order chi connectivity index (χ0) is 18.1. The fourth-order valence-electron chi connectivity index (χ4n) is 2.71. The largest absolute Gasteiger partial charge is 0.467 e. The minimum absolute atomic E-state index is 0.325. The molecular weight excluding hydrogens is 308 g/mol. The van der Waals surface area contributed by atoms with Gasteiger partial charge in [-0.1, -0.05) is 6.07 Å². The molecular formula is C18H26N2O4. The van der Waals surface area contributed by atoms with Crippen LogP contribution < -0.4 is 4.90 Å². The van der Waals surface area contributed by atoms with E-state index in [0.29, 0.717) is 13.0 Å². The van der Waals surface area contributed by atoms with Crippen LogP contribution in [0.25, 0.3) is 0 Å². The van der Waals surface area contributed by atoms with Crippen LogP contribution in [0.5, 0.6) is 0 Å². The summed E-state index contributed by atoms with van der Waals surface area (Å²) in [7, 11) is 5.27. The van der Waals surface area contributed by atoms with Gasteiger partial charge >= 0.3 is 12.1 Å². The first kappa shape index (κ1) is 18.1. The van der Waals surface area contributed by atoms with Crippen LogP contribution in [0.1, 0.15) is 31.9 Å². The molecule has 0 unspecified atom stereocenters. The highest BCUT2D eigenvalue weighted by Crippen LogP contribution is 2.28. The monoisotopic (exact) mass is 334 g/mol. The van der Waals surface area contributed by atoms with Gasteiger partial charge in [0.05, 0.1) is 13.7 Å². The van der Waals surface area contributed by atoms with Crippen molar-refractivity contribution in [2.24, 2.45) is 0 Å². The lowest BCUT2D eigenvalue weighted by Gasteiger charge is -2.36. The Bertz CT molecular complexity index is 634. The maximum absolute atomic E-state index is 12.6. The second-order valence-electron chi connectivity index (χ2n) is 7.20. The fourth-order valence-corrected chi connectivity index (χ4v) is 2.71. The molecule has 0 N–H and O–H groups in total. The molecule has 132 valence electrons. The van der Waals surface area contributed by atoms with Crippen molar-refractivity contribution < 1.29 is 19.1 Å². The van der Waals surface area contributed by atoms with Crippen molar-refractivity contribution >= 4 is 17.7 Å². The van der Waals surface area contributed by atoms with E-state index in [1.165, 1.54) is 12.0 Å². The highest BCUT2D eigenvalue weighted by molar-refractivity contribution is 5.82. The summed E-state index contributed by atoms with van der Waals surface area (Å²) in [6.45, 7) is 5.74. The number of amides is 1. The van der Waals surface area contributed by atoms with Gasteiger partial charge in [-0.15, -0.1) is 0 Å². The van der Waals surface area contributed by atoms with Crippen molar-refractivity contribution in [1.82, 2.24) is 4.90 Å². The van der Waals surface area contributed by atoms with Crippen LogP contribution in [0.4, 0.5) is 10.5 Å². The van der Waals surface area contributed by atoms with Crippen molar-refractivity contribution in [2.45, 2.75) is 45.4 Å². The first-order valence-electron chi connectivity index (χ1n) is 7.99. The molecule has 24 heavy (non-hydrogen) atoms. The first-order chi connectivity index (χ1) is 11.1. The van der Waals surface area contributed by atoms with Crippen LogP contribution in [0.15, 0.2) is 18.2 Å². The molecule has 0 aliphatic carbocycles. The molecule has 0 radical (unpaired) electrons. The van der Waals surface area contributed by atoms with Crippen LogP contribution in [0.3, 0.4) is 0 Å². The normalized spacial score (nSPS) is 17.1. The average molecular weight is 334 g/mol. The third kappa shape index (κ3) is 3.99. The summed E-state index contributed by atoms with van der Waals surface area (Å²) < 4.78 is 10.3. The molecule has 6 nitrogen and oxygen atoms in total. The summed E-state index contributed by atoms with van der Waals surface area (Å²) in [5.41, 5.74) is 2.50. The maximum Gasteiger partial charge on any atom is 0.411 e. The fraction of sp³-hybridized carbons (Fsp3) is 0.556. The van der Waals surface area contributed by atoms with Gasteiger partial charge in [-0.2, -0.15) is 0 Å². The van der Waals surface area contributed by atoms with E-state index in [-0.39, 0.29) is 0 Å². The molecule has 1 aliphatic rings. The van der Waals surface area contributed by atoms with E-state index in [1.54, 1.807) is 20.8 Å². The molecule has 2 rings (SSSR count). The summed E-state index contributed by atoms with van der Waals surface area (Å²) in [6, 6.07) is 5.39. The molecule has 1 atom stereocenters. The Balaban J connectivity index is 2.35. The Morgan fingerprint density at radius 2 is 1.88 bits per heavy atom. The molecule has 1 amide bonds. The predicted octanol–water partition coefficient (Wildman–Crippen LogP) is 2.59. The van der Waals surface area contributed by atoms with E-state index in [1.807, 2.05) is 37.2 Å². The second-order valence-corrected chi connectivity index (χ2v) is 7.20. The number of esters is 1. The van der Waals surface area contributed by atoms with Gasteiger partial charge in [-0.05, 0) is 44.0 Å². The minimum Gasteiger partial charge on any atom is -0.467 e. The van der Waals surface area contributed by atoms with Gasteiger partial charge in [-0.25, -0.2) is 9.59 Å². The third-order valence-electron chi connectivity index (χ3n) is 3.94. The van der Waals surface area contributed by atoms with Crippen LogP contribution in [0, 0.1) is 0 Å². The third-order valence-corrected chi connectivity index (χ3v) is 3.94. The Kier molecular flexibility index (Phi) is 5.06. The van der Waals surface area contributed by atoms with Crippen molar-refractivity contribution in [2.75, 3.05) is 26.1 Å². The smallest absolute Gasteiger partial charge is 0.411 e. The van der Waals surface area contributed by atoms with Gasteiger partial charge in [-0.3, -0.25) is 4.90 Å². The maximum atomic E-state index is 12.6. The Hall–Kier alpha value is -2.24. The summed E-state index contributed by atoms with van der Waals surface area (Å²) in [5, 5.41) is 0. The number of hydrogen-bond acceptors (Lipinski definition) is 5. The second kappa shape index (κ2) is 6.71. The van der Waals surface area contributed by atoms with E-state index >= 15 is 0 Å². The number of ether oxygens (including phenoxy) is 2. The number of benzene rings is 1. The molecule has 1 aromatic carbocycles. The van der Waals surface area contributed by atoms with Crippen LogP contribution >= 0.6 is 0 Å². The van der Waals surface area contributed by atoms with Gasteiger partial charge in [0.1, 0.15) is 11.6 Å². The first-order valence-corrected chi connectivity index (χ1v) is 7.99. The molecule has 0 saturated heterocycles. The zero-order valence-corrected chi connectivity index (χ0v) is 15.3. The number of anilines is 1. The molecule has 1 heterocycles. The molecule has 1 aromatic rings. The lowest BCUT2D eigenvalue weighted by Crippen LogP contribution is -2.50. The highest BCUT2D eigenvalue weighted by atomic mass is 16.6. The molecule has 0 aromatic heterocycles. The van der Waals surface area contributed by atoms with E-state index in [9.17, 15) is 9.59 Å². The Morgan fingerprint density at radius 3 is 2.42 bits per heavy atom. The summed E-state index contributed by atoms with van der Waals surface area (Å²) in [4.78, 5) is 28.2. The number of hydrogen-bond donors (Lipinski definition) is 0. The van der Waals surface area contributed by atoms with E-state index in [2.05, 4.69) is 0 Å². The van der Waals surface area contributed by atoms with E-state index in [4.69, 9.17) is 9.47 Å². The molecule has 0 bridgehead atoms. The summed E-state index contributed by atoms with van der Waals surface area (Å²) in [6.07, 6.45) is -0.0756. The van der Waals surface area contributed by atoms with Gasteiger partial charge < -0.3 is 14.4 Å².